The van der Waals surface area contributed by atoms with Crippen LogP contribution in [-0.2, 0) is 21.7 Å². The van der Waals surface area contributed by atoms with Gasteiger partial charge in [-0.2, -0.15) is 5.26 Å². The highest BCUT2D eigenvalue weighted by Gasteiger charge is 2.32. The molecule has 0 N–H and O–H groups in total. The summed E-state index contributed by atoms with van der Waals surface area (Å²) < 4.78 is 9.74. The molecule has 0 unspecified atom stereocenters. The number of hydrogen-bond donors (Lipinski definition) is 0. The molecule has 0 radical (unpaired) electrons. The van der Waals surface area contributed by atoms with Gasteiger partial charge >= 0.3 is 0 Å². The van der Waals surface area contributed by atoms with Gasteiger partial charge in [-0.3, -0.25) is 0 Å². The van der Waals surface area contributed by atoms with Gasteiger partial charge in [0.15, 0.2) is 0 Å². The Kier molecular flexibility index (Phi) is 10.2. The predicted molar refractivity (Wildman–Crippen MR) is 323 cm³/mol. The normalized spacial score (nSPS) is 13.0. The van der Waals surface area contributed by atoms with Crippen molar-refractivity contribution >= 4 is 87.2 Å². The molecular formula is C71H65N5. The van der Waals surface area contributed by atoms with Crippen LogP contribution in [-0.4, -0.2) is 18.3 Å². The number of rotatable bonds is 4. The van der Waals surface area contributed by atoms with E-state index in [9.17, 15) is 5.26 Å². The van der Waals surface area contributed by atoms with Crippen molar-refractivity contribution in [3.8, 4) is 28.8 Å². The summed E-state index contributed by atoms with van der Waals surface area (Å²) >= 11 is 0. The van der Waals surface area contributed by atoms with Crippen LogP contribution < -0.4 is 0 Å². The molecule has 374 valence electrons. The Balaban J connectivity index is 1.32. The number of fused-ring (bicyclic) bond motifs is 12. The van der Waals surface area contributed by atoms with E-state index in [0.29, 0.717) is 5.56 Å². The first kappa shape index (κ1) is 47.4. The molecule has 0 aliphatic heterocycles. The highest BCUT2D eigenvalue weighted by Crippen LogP contribution is 2.48. The van der Waals surface area contributed by atoms with Crippen LogP contribution in [0.25, 0.3) is 110 Å². The molecule has 0 bridgehead atoms. The fourth-order valence-electron chi connectivity index (χ4n) is 12.3. The number of benzene rings is 9. The van der Waals surface area contributed by atoms with Crippen LogP contribution in [0.15, 0.2) is 176 Å². The van der Waals surface area contributed by atoms with Crippen molar-refractivity contribution < 1.29 is 0 Å². The van der Waals surface area contributed by atoms with Gasteiger partial charge < -0.3 is 18.3 Å². The Morgan fingerprint density at radius 1 is 0.276 bits per heavy atom. The highest BCUT2D eigenvalue weighted by molar-refractivity contribution is 6.15. The molecule has 76 heavy (non-hydrogen) atoms. The first-order chi connectivity index (χ1) is 36.2. The fourth-order valence-corrected chi connectivity index (χ4v) is 12.3. The van der Waals surface area contributed by atoms with E-state index in [1.54, 1.807) is 0 Å². The molecule has 5 heteroatoms. The van der Waals surface area contributed by atoms with Crippen molar-refractivity contribution in [2.24, 2.45) is 0 Å². The van der Waals surface area contributed by atoms with Crippen molar-refractivity contribution in [3.63, 3.8) is 0 Å². The summed E-state index contributed by atoms with van der Waals surface area (Å²) in [6.07, 6.45) is 0. The molecule has 0 spiro atoms. The topological polar surface area (TPSA) is 43.5 Å². The van der Waals surface area contributed by atoms with E-state index in [2.05, 4.69) is 283 Å². The monoisotopic (exact) mass is 988 g/mol. The van der Waals surface area contributed by atoms with Crippen LogP contribution in [0, 0.1) is 11.3 Å². The second kappa shape index (κ2) is 16.3. The van der Waals surface area contributed by atoms with E-state index in [-0.39, 0.29) is 21.7 Å². The van der Waals surface area contributed by atoms with Gasteiger partial charge in [-0.05, 0) is 123 Å². The zero-order valence-corrected chi connectivity index (χ0v) is 46.0. The number of nitriles is 1. The third-order valence-corrected chi connectivity index (χ3v) is 16.4. The van der Waals surface area contributed by atoms with Crippen LogP contribution in [0.1, 0.15) is 111 Å². The van der Waals surface area contributed by atoms with Crippen molar-refractivity contribution in [2.45, 2.75) is 105 Å². The maximum Gasteiger partial charge on any atom is 0.104 e. The molecule has 9 aromatic carbocycles. The second-order valence-electron chi connectivity index (χ2n) is 25.4. The number of hydrogen-bond acceptors (Lipinski definition) is 1. The van der Waals surface area contributed by atoms with Crippen molar-refractivity contribution in [3.05, 3.63) is 204 Å². The number of nitrogens with zero attached hydrogens (tertiary/aromatic N) is 5. The Labute approximate surface area is 445 Å². The summed E-state index contributed by atoms with van der Waals surface area (Å²) in [5, 5.41) is 22.1. The number of aromatic nitrogens is 4. The minimum absolute atomic E-state index is 0.0937. The zero-order valence-electron chi connectivity index (χ0n) is 46.0. The van der Waals surface area contributed by atoms with Crippen molar-refractivity contribution in [2.75, 3.05) is 0 Å². The lowest BCUT2D eigenvalue weighted by Crippen LogP contribution is -2.14. The summed E-state index contributed by atoms with van der Waals surface area (Å²) in [5.74, 6) is 0. The van der Waals surface area contributed by atoms with Crippen molar-refractivity contribution in [1.82, 2.24) is 18.3 Å². The average Bonchev–Trinajstić information content (AvgIpc) is 4.31. The Morgan fingerprint density at radius 3 is 0.750 bits per heavy atom. The van der Waals surface area contributed by atoms with Gasteiger partial charge in [-0.15, -0.1) is 0 Å². The predicted octanol–water partition coefficient (Wildman–Crippen LogP) is 19.1. The molecular weight excluding hydrogens is 923 g/mol. The Hall–Kier alpha value is -8.33. The summed E-state index contributed by atoms with van der Waals surface area (Å²) in [6, 6.07) is 68.6. The van der Waals surface area contributed by atoms with Crippen molar-refractivity contribution in [1.29, 1.82) is 5.26 Å². The van der Waals surface area contributed by atoms with Crippen LogP contribution in [0.3, 0.4) is 0 Å². The minimum atomic E-state index is -0.0937. The molecule has 13 aromatic rings. The molecule has 0 fully saturated rings. The third kappa shape index (κ3) is 7.03. The molecule has 0 amide bonds. The van der Waals surface area contributed by atoms with E-state index < -0.39 is 0 Å². The van der Waals surface area contributed by atoms with Crippen LogP contribution in [0.4, 0.5) is 0 Å². The van der Waals surface area contributed by atoms with Crippen LogP contribution >= 0.6 is 0 Å². The maximum absolute atomic E-state index is 12.8. The quantitative estimate of drug-likeness (QED) is 0.173. The van der Waals surface area contributed by atoms with Crippen LogP contribution in [0.5, 0.6) is 0 Å². The molecule has 4 aromatic heterocycles. The van der Waals surface area contributed by atoms with E-state index >= 15 is 0 Å². The lowest BCUT2D eigenvalue weighted by molar-refractivity contribution is 0.590. The summed E-state index contributed by atoms with van der Waals surface area (Å²) in [4.78, 5) is 0. The zero-order chi connectivity index (χ0) is 53.0. The molecule has 0 aliphatic carbocycles. The average molecular weight is 988 g/mol. The largest absolute Gasteiger partial charge is 0.307 e. The maximum atomic E-state index is 12.8. The smallest absolute Gasteiger partial charge is 0.104 e. The third-order valence-electron chi connectivity index (χ3n) is 16.4. The van der Waals surface area contributed by atoms with Gasteiger partial charge in [0.25, 0.3) is 0 Å². The van der Waals surface area contributed by atoms with E-state index in [1.165, 1.54) is 43.8 Å². The van der Waals surface area contributed by atoms with Gasteiger partial charge in [-0.1, -0.05) is 180 Å². The van der Waals surface area contributed by atoms with Gasteiger partial charge in [0, 0.05) is 43.1 Å². The van der Waals surface area contributed by atoms with E-state index in [1.807, 2.05) is 0 Å². The molecule has 13 rings (SSSR count). The molecule has 0 saturated carbocycles. The van der Waals surface area contributed by atoms with Gasteiger partial charge in [0.2, 0.25) is 0 Å². The molecule has 0 aliphatic rings. The first-order valence-electron chi connectivity index (χ1n) is 27.0. The lowest BCUT2D eigenvalue weighted by atomic mass is 9.85. The van der Waals surface area contributed by atoms with E-state index in [4.69, 9.17) is 0 Å². The highest BCUT2D eigenvalue weighted by atomic mass is 15.1. The molecule has 0 saturated heterocycles. The molecule has 5 nitrogen and oxygen atoms in total. The Bertz CT molecular complexity index is 4080. The van der Waals surface area contributed by atoms with Crippen LogP contribution in [0.2, 0.25) is 0 Å². The SMILES string of the molecule is CC(C)(C)c1ccc2c(c1)c1cc(C(C)(C)C)ccc1n2-c1c(-n2c3ccccc3c3ccccc32)cc(-n2c3ccccc3c3ccccc32)c(-n2c3ccc(C(C)(C)C)cc3c3cc(C(C)(C)C)ccc32)c1C#N. The first-order valence-corrected chi connectivity index (χ1v) is 27.0. The van der Waals surface area contributed by atoms with Gasteiger partial charge in [0.1, 0.15) is 11.6 Å². The standard InChI is InChI=1S/C71H65N5/c1-68(2,3)43-29-33-60-51(37-43)52-38-44(69(4,5)6)30-34-61(52)75(60)66-55(42-72)67(76-62-35-31-45(70(7,8)9)39-53(62)54-40-46(71(10,11)12)32-36-63(54)76)65(74-58-27-19-15-23-49(58)50-24-16-20-28-59(50)74)41-64(66)73-56-25-17-13-21-47(56)48-22-14-18-26-57(48)73/h13-41H,1-12H3. The second-order valence-corrected chi connectivity index (χ2v) is 25.4. The summed E-state index contributed by atoms with van der Waals surface area (Å²) in [7, 11) is 0. The summed E-state index contributed by atoms with van der Waals surface area (Å²) in [5.41, 5.74) is 17.2. The van der Waals surface area contributed by atoms with Gasteiger partial charge in [0.05, 0.1) is 66.9 Å². The molecule has 0 atom stereocenters. The number of para-hydroxylation sites is 4. The minimum Gasteiger partial charge on any atom is -0.307 e. The molecule has 4 heterocycles. The Morgan fingerprint density at radius 2 is 0.513 bits per heavy atom. The van der Waals surface area contributed by atoms with E-state index in [0.717, 1.165) is 88.4 Å². The lowest BCUT2D eigenvalue weighted by Gasteiger charge is -2.26. The fraction of sp³-hybridized carbons (Fsp3) is 0.225. The van der Waals surface area contributed by atoms with Gasteiger partial charge in [-0.25, -0.2) is 0 Å². The summed E-state index contributed by atoms with van der Waals surface area (Å²) in [6.45, 7) is 27.5.